The van der Waals surface area contributed by atoms with Gasteiger partial charge in [-0.3, -0.25) is 4.79 Å². The van der Waals surface area contributed by atoms with Crippen LogP contribution >= 0.6 is 23.2 Å². The van der Waals surface area contributed by atoms with Gasteiger partial charge in [0.1, 0.15) is 0 Å². The number of hydrogen-bond acceptors (Lipinski definition) is 3. The molecule has 0 aliphatic carbocycles. The highest BCUT2D eigenvalue weighted by atomic mass is 35.5. The summed E-state index contributed by atoms with van der Waals surface area (Å²) in [4.78, 5) is 12.9. The number of nitrogens with one attached hydrogen (secondary N) is 1. The average molecular weight is 477 g/mol. The molecule has 3 aromatic rings. The Hall–Kier alpha value is -2.38. The molecule has 0 aromatic heterocycles. The molecule has 0 heterocycles. The molecule has 3 aromatic carbocycles. The van der Waals surface area contributed by atoms with Gasteiger partial charge in [-0.05, 0) is 73.0 Å². The van der Waals surface area contributed by atoms with E-state index in [1.54, 1.807) is 24.3 Å². The van der Waals surface area contributed by atoms with Crippen molar-refractivity contribution in [3.05, 3.63) is 93.5 Å². The molecule has 0 saturated heterocycles. The van der Waals surface area contributed by atoms with Crippen LogP contribution in [0.15, 0.2) is 71.6 Å². The highest BCUT2D eigenvalue weighted by Crippen LogP contribution is 2.22. The Morgan fingerprint density at radius 3 is 2.10 bits per heavy atom. The molecular formula is C23H22Cl2N2O3S. The van der Waals surface area contributed by atoms with Gasteiger partial charge in [-0.15, -0.1) is 0 Å². The third-order valence-electron chi connectivity index (χ3n) is 4.71. The summed E-state index contributed by atoms with van der Waals surface area (Å²) in [6, 6.07) is 18.4. The fourth-order valence-corrected chi connectivity index (χ4v) is 4.63. The number of benzene rings is 3. The van der Waals surface area contributed by atoms with Crippen molar-refractivity contribution in [1.82, 2.24) is 4.31 Å². The highest BCUT2D eigenvalue weighted by molar-refractivity contribution is 7.89. The van der Waals surface area contributed by atoms with Crippen molar-refractivity contribution in [3.8, 4) is 0 Å². The Labute approximate surface area is 192 Å². The molecule has 5 nitrogen and oxygen atoms in total. The van der Waals surface area contributed by atoms with E-state index in [1.807, 2.05) is 32.0 Å². The average Bonchev–Trinajstić information content (AvgIpc) is 2.72. The normalized spacial score (nSPS) is 11.5. The minimum atomic E-state index is -3.95. The number of anilines is 1. The predicted octanol–water partition coefficient (Wildman–Crippen LogP) is 5.44. The summed E-state index contributed by atoms with van der Waals surface area (Å²) >= 11 is 11.8. The van der Waals surface area contributed by atoms with E-state index in [1.165, 1.54) is 24.3 Å². The molecule has 162 valence electrons. The number of sulfonamides is 1. The second kappa shape index (κ2) is 9.83. The van der Waals surface area contributed by atoms with Crippen LogP contribution in [0.5, 0.6) is 0 Å². The van der Waals surface area contributed by atoms with E-state index >= 15 is 0 Å². The Balaban J connectivity index is 1.89. The first-order chi connectivity index (χ1) is 14.6. The van der Waals surface area contributed by atoms with Crippen molar-refractivity contribution in [2.75, 3.05) is 11.9 Å². The van der Waals surface area contributed by atoms with Gasteiger partial charge in [-0.25, -0.2) is 8.42 Å². The maximum absolute atomic E-state index is 13.3. The third-order valence-corrected chi connectivity index (χ3v) is 7.02. The van der Waals surface area contributed by atoms with Gasteiger partial charge in [0.05, 0.1) is 11.4 Å². The SMILES string of the molecule is Cc1ccc(C)c(NC(=O)CN(Cc2ccc(Cl)cc2)S(=O)(=O)c2ccc(Cl)cc2)c1. The molecule has 0 atom stereocenters. The number of hydrogen-bond donors (Lipinski definition) is 1. The van der Waals surface area contributed by atoms with E-state index < -0.39 is 15.9 Å². The van der Waals surface area contributed by atoms with Gasteiger partial charge in [0.2, 0.25) is 15.9 Å². The second-order valence-corrected chi connectivity index (χ2v) is 10.0. The molecule has 0 fully saturated rings. The minimum Gasteiger partial charge on any atom is -0.325 e. The zero-order valence-corrected chi connectivity index (χ0v) is 19.4. The summed E-state index contributed by atoms with van der Waals surface area (Å²) in [6.07, 6.45) is 0. The van der Waals surface area contributed by atoms with E-state index in [0.29, 0.717) is 21.3 Å². The minimum absolute atomic E-state index is 0.0162. The standard InChI is InChI=1S/C23H22Cl2N2O3S/c1-16-3-4-17(2)22(13-16)26-23(28)15-27(14-18-5-7-19(24)8-6-18)31(29,30)21-11-9-20(25)10-12-21/h3-13H,14-15H2,1-2H3,(H,26,28). The van der Waals surface area contributed by atoms with Crippen molar-refractivity contribution in [1.29, 1.82) is 0 Å². The molecule has 0 aliphatic heterocycles. The van der Waals surface area contributed by atoms with Gasteiger partial charge in [-0.1, -0.05) is 47.5 Å². The molecule has 1 N–H and O–H groups in total. The van der Waals surface area contributed by atoms with Crippen molar-refractivity contribution in [2.24, 2.45) is 0 Å². The monoisotopic (exact) mass is 476 g/mol. The maximum atomic E-state index is 13.3. The number of nitrogens with zero attached hydrogens (tertiary/aromatic N) is 1. The molecule has 0 spiro atoms. The van der Waals surface area contributed by atoms with E-state index in [0.717, 1.165) is 15.4 Å². The molecule has 3 rings (SSSR count). The first-order valence-electron chi connectivity index (χ1n) is 9.52. The summed E-state index contributed by atoms with van der Waals surface area (Å²) in [7, 11) is -3.95. The molecule has 0 radical (unpaired) electrons. The van der Waals surface area contributed by atoms with Crippen LogP contribution in [0, 0.1) is 13.8 Å². The topological polar surface area (TPSA) is 66.5 Å². The number of aryl methyl sites for hydroxylation is 2. The lowest BCUT2D eigenvalue weighted by molar-refractivity contribution is -0.116. The van der Waals surface area contributed by atoms with Gasteiger partial charge in [0, 0.05) is 22.3 Å². The van der Waals surface area contributed by atoms with E-state index in [-0.39, 0.29) is 18.0 Å². The summed E-state index contributed by atoms with van der Waals surface area (Å²) in [5.74, 6) is -0.430. The Kier molecular flexibility index (Phi) is 7.38. The van der Waals surface area contributed by atoms with Crippen molar-refractivity contribution in [3.63, 3.8) is 0 Å². The first-order valence-corrected chi connectivity index (χ1v) is 11.7. The second-order valence-electron chi connectivity index (χ2n) is 7.22. The largest absolute Gasteiger partial charge is 0.325 e. The summed E-state index contributed by atoms with van der Waals surface area (Å²) in [6.45, 7) is 3.47. The summed E-state index contributed by atoms with van der Waals surface area (Å²) in [5, 5.41) is 3.79. The van der Waals surface area contributed by atoms with Crippen molar-refractivity contribution < 1.29 is 13.2 Å². The lowest BCUT2D eigenvalue weighted by Gasteiger charge is -2.22. The molecule has 0 aliphatic rings. The Morgan fingerprint density at radius 1 is 0.903 bits per heavy atom. The quantitative estimate of drug-likeness (QED) is 0.493. The molecule has 0 bridgehead atoms. The fraction of sp³-hybridized carbons (Fsp3) is 0.174. The number of carbonyl (C=O) groups excluding carboxylic acids is 1. The summed E-state index contributed by atoms with van der Waals surface area (Å²) < 4.78 is 27.7. The van der Waals surface area contributed by atoms with Gasteiger partial charge >= 0.3 is 0 Å². The first kappa shape index (κ1) is 23.3. The fourth-order valence-electron chi connectivity index (χ4n) is 3.00. The molecule has 31 heavy (non-hydrogen) atoms. The van der Waals surface area contributed by atoms with Crippen LogP contribution in [0.1, 0.15) is 16.7 Å². The number of halogens is 2. The Morgan fingerprint density at radius 2 is 1.48 bits per heavy atom. The zero-order valence-electron chi connectivity index (χ0n) is 17.1. The smallest absolute Gasteiger partial charge is 0.243 e. The number of carbonyl (C=O) groups is 1. The number of amides is 1. The predicted molar refractivity (Wildman–Crippen MR) is 125 cm³/mol. The molecule has 0 saturated carbocycles. The van der Waals surface area contributed by atoms with Crippen LogP contribution in [0.25, 0.3) is 0 Å². The maximum Gasteiger partial charge on any atom is 0.243 e. The van der Waals surface area contributed by atoms with Gasteiger partial charge in [-0.2, -0.15) is 4.31 Å². The lowest BCUT2D eigenvalue weighted by atomic mass is 10.1. The highest BCUT2D eigenvalue weighted by Gasteiger charge is 2.27. The molecular weight excluding hydrogens is 455 g/mol. The van der Waals surface area contributed by atoms with Crippen molar-refractivity contribution >= 4 is 44.8 Å². The molecule has 8 heteroatoms. The van der Waals surface area contributed by atoms with Crippen molar-refractivity contribution in [2.45, 2.75) is 25.3 Å². The van der Waals surface area contributed by atoms with E-state index in [9.17, 15) is 13.2 Å². The zero-order chi connectivity index (χ0) is 22.6. The van der Waals surface area contributed by atoms with Gasteiger partial charge < -0.3 is 5.32 Å². The van der Waals surface area contributed by atoms with E-state index in [2.05, 4.69) is 5.32 Å². The Bertz CT molecular complexity index is 1180. The van der Waals surface area contributed by atoms with Crippen LogP contribution in [-0.4, -0.2) is 25.2 Å². The van der Waals surface area contributed by atoms with E-state index in [4.69, 9.17) is 23.2 Å². The van der Waals surface area contributed by atoms with Crippen LogP contribution in [-0.2, 0) is 21.4 Å². The molecule has 1 amide bonds. The third kappa shape index (κ3) is 6.08. The van der Waals surface area contributed by atoms with Gasteiger partial charge in [0.15, 0.2) is 0 Å². The lowest BCUT2D eigenvalue weighted by Crippen LogP contribution is -2.37. The number of rotatable bonds is 7. The van der Waals surface area contributed by atoms with Crippen LogP contribution in [0.4, 0.5) is 5.69 Å². The van der Waals surface area contributed by atoms with Crippen LogP contribution in [0.3, 0.4) is 0 Å². The van der Waals surface area contributed by atoms with Gasteiger partial charge in [0.25, 0.3) is 0 Å². The van der Waals surface area contributed by atoms with Crippen LogP contribution in [0.2, 0.25) is 10.0 Å². The molecule has 0 unspecified atom stereocenters. The summed E-state index contributed by atoms with van der Waals surface area (Å²) in [5.41, 5.74) is 3.25. The van der Waals surface area contributed by atoms with Crippen LogP contribution < -0.4 is 5.32 Å².